The molecule has 0 radical (unpaired) electrons. The van der Waals surface area contributed by atoms with E-state index in [-0.39, 0.29) is 11.8 Å². The van der Waals surface area contributed by atoms with Crippen molar-refractivity contribution in [2.45, 2.75) is 31.7 Å². The third-order valence-corrected chi connectivity index (χ3v) is 6.81. The highest BCUT2D eigenvalue weighted by molar-refractivity contribution is 7.89. The summed E-state index contributed by atoms with van der Waals surface area (Å²) >= 11 is 0. The molecule has 1 atom stereocenters. The summed E-state index contributed by atoms with van der Waals surface area (Å²) in [7, 11) is -1.18. The van der Waals surface area contributed by atoms with E-state index in [1.54, 1.807) is 0 Å². The Bertz CT molecular complexity index is 1020. The van der Waals surface area contributed by atoms with Crippen LogP contribution >= 0.6 is 0 Å². The summed E-state index contributed by atoms with van der Waals surface area (Å²) in [6.07, 6.45) is 3.07. The van der Waals surface area contributed by atoms with E-state index >= 15 is 0 Å². The molecule has 0 aliphatic heterocycles. The van der Waals surface area contributed by atoms with Crippen LogP contribution in [0.15, 0.2) is 54.6 Å². The molecule has 0 saturated heterocycles. The zero-order valence-corrected chi connectivity index (χ0v) is 15.8. The molecule has 2 aromatic carbocycles. The van der Waals surface area contributed by atoms with E-state index in [4.69, 9.17) is 0 Å². The van der Waals surface area contributed by atoms with E-state index in [0.29, 0.717) is 6.42 Å². The van der Waals surface area contributed by atoms with Crippen molar-refractivity contribution in [1.29, 1.82) is 0 Å². The van der Waals surface area contributed by atoms with E-state index < -0.39 is 10.0 Å². The summed E-state index contributed by atoms with van der Waals surface area (Å²) < 4.78 is 30.3. The monoisotopic (exact) mass is 368 g/mol. The van der Waals surface area contributed by atoms with Crippen LogP contribution in [0, 0.1) is 0 Å². The van der Waals surface area contributed by atoms with Crippen molar-refractivity contribution in [2.75, 3.05) is 5.75 Å². The van der Waals surface area contributed by atoms with Crippen LogP contribution in [0.5, 0.6) is 0 Å². The van der Waals surface area contributed by atoms with E-state index in [9.17, 15) is 8.42 Å². The third-order valence-electron chi connectivity index (χ3n) is 5.37. The Morgan fingerprint density at radius 3 is 2.62 bits per heavy atom. The number of para-hydroxylation sites is 1. The van der Waals surface area contributed by atoms with E-state index in [2.05, 4.69) is 40.6 Å². The predicted molar refractivity (Wildman–Crippen MR) is 106 cm³/mol. The first-order valence-electron chi connectivity index (χ1n) is 9.12. The van der Waals surface area contributed by atoms with Crippen molar-refractivity contribution in [1.82, 2.24) is 9.29 Å². The molecule has 0 fully saturated rings. The van der Waals surface area contributed by atoms with Gasteiger partial charge in [0.15, 0.2) is 0 Å². The molecular formula is C21H24N2O2S. The fourth-order valence-corrected chi connectivity index (χ4v) is 5.37. The molecule has 1 aromatic heterocycles. The van der Waals surface area contributed by atoms with Crippen molar-refractivity contribution < 1.29 is 8.42 Å². The molecule has 3 aromatic rings. The third kappa shape index (κ3) is 3.41. The Morgan fingerprint density at radius 1 is 1.08 bits per heavy atom. The number of nitrogens with one attached hydrogen (secondary N) is 1. The van der Waals surface area contributed by atoms with E-state index in [1.807, 2.05) is 30.3 Å². The molecule has 0 bridgehead atoms. The maximum absolute atomic E-state index is 12.5. The quantitative estimate of drug-likeness (QED) is 0.752. The summed E-state index contributed by atoms with van der Waals surface area (Å²) in [6.45, 7) is 0. The van der Waals surface area contributed by atoms with Gasteiger partial charge < -0.3 is 4.57 Å². The Morgan fingerprint density at radius 2 is 1.81 bits per heavy atom. The minimum Gasteiger partial charge on any atom is -0.347 e. The van der Waals surface area contributed by atoms with Gasteiger partial charge in [-0.25, -0.2) is 13.1 Å². The average Bonchev–Trinajstić information content (AvgIpc) is 2.93. The second-order valence-corrected chi connectivity index (χ2v) is 8.99. The molecule has 1 aliphatic carbocycles. The first kappa shape index (κ1) is 17.3. The fraction of sp³-hybridized carbons (Fsp3) is 0.333. The molecule has 1 heterocycles. The Labute approximate surface area is 154 Å². The van der Waals surface area contributed by atoms with Crippen LogP contribution in [0.3, 0.4) is 0 Å². The Kier molecular flexibility index (Phi) is 4.59. The topological polar surface area (TPSA) is 51.1 Å². The number of aromatic nitrogens is 1. The molecule has 1 aliphatic rings. The minimum atomic E-state index is -3.29. The maximum atomic E-state index is 12.5. The first-order chi connectivity index (χ1) is 12.5. The highest BCUT2D eigenvalue weighted by Crippen LogP contribution is 2.31. The molecule has 136 valence electrons. The molecule has 0 spiro atoms. The zero-order valence-electron chi connectivity index (χ0n) is 15.0. The number of benzene rings is 2. The van der Waals surface area contributed by atoms with Crippen LogP contribution in [0.2, 0.25) is 0 Å². The van der Waals surface area contributed by atoms with Crippen LogP contribution in [0.25, 0.3) is 10.9 Å². The molecular weight excluding hydrogens is 344 g/mol. The number of rotatable bonds is 5. The van der Waals surface area contributed by atoms with Crippen molar-refractivity contribution in [3.8, 4) is 0 Å². The van der Waals surface area contributed by atoms with Gasteiger partial charge in [0.05, 0.1) is 5.75 Å². The number of hydrogen-bond acceptors (Lipinski definition) is 2. The van der Waals surface area contributed by atoms with Crippen molar-refractivity contribution >= 4 is 20.9 Å². The average molecular weight is 369 g/mol. The SMILES string of the molecule is Cn1c2c(c3ccccc31)CC(NS(=O)(=O)CCc1ccccc1)CC2. The lowest BCUT2D eigenvalue weighted by molar-refractivity contribution is 0.501. The van der Waals surface area contributed by atoms with Gasteiger partial charge in [0, 0.05) is 29.7 Å². The summed E-state index contributed by atoms with van der Waals surface area (Å²) in [5.41, 5.74) is 4.92. The lowest BCUT2D eigenvalue weighted by Gasteiger charge is -2.24. The van der Waals surface area contributed by atoms with Gasteiger partial charge in [-0.05, 0) is 42.9 Å². The standard InChI is InChI=1S/C21H24N2O2S/c1-23-20-10-6-5-9-18(20)19-15-17(11-12-21(19)23)22-26(24,25)14-13-16-7-3-2-4-8-16/h2-10,17,22H,11-15H2,1H3. The van der Waals surface area contributed by atoms with Gasteiger partial charge in [-0.2, -0.15) is 0 Å². The summed E-state index contributed by atoms with van der Waals surface area (Å²) in [6, 6.07) is 18.1. The summed E-state index contributed by atoms with van der Waals surface area (Å²) in [5, 5.41) is 1.25. The smallest absolute Gasteiger partial charge is 0.212 e. The molecule has 1 N–H and O–H groups in total. The normalized spacial score (nSPS) is 17.3. The summed E-state index contributed by atoms with van der Waals surface area (Å²) in [4.78, 5) is 0. The van der Waals surface area contributed by atoms with Crippen LogP contribution in [0.1, 0.15) is 23.2 Å². The van der Waals surface area contributed by atoms with Gasteiger partial charge in [-0.3, -0.25) is 0 Å². The molecule has 4 rings (SSSR count). The molecule has 0 amide bonds. The fourth-order valence-electron chi connectivity index (χ4n) is 4.04. The predicted octanol–water partition coefficient (Wildman–Crippen LogP) is 3.20. The lowest BCUT2D eigenvalue weighted by atomic mass is 9.92. The summed E-state index contributed by atoms with van der Waals surface area (Å²) in [5.74, 6) is 0.135. The van der Waals surface area contributed by atoms with Gasteiger partial charge in [0.2, 0.25) is 10.0 Å². The van der Waals surface area contributed by atoms with E-state index in [1.165, 1.54) is 22.2 Å². The second-order valence-electron chi connectivity index (χ2n) is 7.11. The molecule has 0 saturated carbocycles. The van der Waals surface area contributed by atoms with Crippen LogP contribution in [0.4, 0.5) is 0 Å². The number of fused-ring (bicyclic) bond motifs is 3. The van der Waals surface area contributed by atoms with E-state index in [0.717, 1.165) is 24.8 Å². The Balaban J connectivity index is 1.48. The van der Waals surface area contributed by atoms with Gasteiger partial charge in [-0.1, -0.05) is 48.5 Å². The number of sulfonamides is 1. The molecule has 26 heavy (non-hydrogen) atoms. The molecule has 5 heteroatoms. The van der Waals surface area contributed by atoms with Crippen molar-refractivity contribution in [3.63, 3.8) is 0 Å². The highest BCUT2D eigenvalue weighted by Gasteiger charge is 2.27. The largest absolute Gasteiger partial charge is 0.347 e. The lowest BCUT2D eigenvalue weighted by Crippen LogP contribution is -2.40. The number of aryl methyl sites for hydroxylation is 2. The first-order valence-corrected chi connectivity index (χ1v) is 10.8. The molecule has 1 unspecified atom stereocenters. The van der Waals surface area contributed by atoms with Gasteiger partial charge in [0.1, 0.15) is 0 Å². The number of nitrogens with zero attached hydrogens (tertiary/aromatic N) is 1. The van der Waals surface area contributed by atoms with Gasteiger partial charge in [0.25, 0.3) is 0 Å². The van der Waals surface area contributed by atoms with Crippen molar-refractivity contribution in [3.05, 3.63) is 71.4 Å². The Hall–Kier alpha value is -2.11. The van der Waals surface area contributed by atoms with Crippen LogP contribution < -0.4 is 4.72 Å². The van der Waals surface area contributed by atoms with Crippen LogP contribution in [-0.2, 0) is 36.3 Å². The second kappa shape index (κ2) is 6.89. The zero-order chi connectivity index (χ0) is 18.1. The molecule has 4 nitrogen and oxygen atoms in total. The van der Waals surface area contributed by atoms with Gasteiger partial charge in [-0.15, -0.1) is 0 Å². The maximum Gasteiger partial charge on any atom is 0.212 e. The van der Waals surface area contributed by atoms with Gasteiger partial charge >= 0.3 is 0 Å². The minimum absolute atomic E-state index is 0.0194. The highest BCUT2D eigenvalue weighted by atomic mass is 32.2. The van der Waals surface area contributed by atoms with Crippen molar-refractivity contribution in [2.24, 2.45) is 7.05 Å². The van der Waals surface area contributed by atoms with Crippen LogP contribution in [-0.4, -0.2) is 24.8 Å². The number of hydrogen-bond donors (Lipinski definition) is 1.